The number of halogens is 12. The molecule has 0 bridgehead atoms. The Balaban J connectivity index is 0.000000182. The molecule has 776 valence electrons. The van der Waals surface area contributed by atoms with Crippen LogP contribution in [-0.2, 0) is 67.5 Å². The molecule has 0 saturated carbocycles. The number of hydrogen-bond acceptors (Lipinski definition) is 25. The highest BCUT2D eigenvalue weighted by Gasteiger charge is 2.64. The molecule has 0 radical (unpaired) electrons. The molecule has 5 aliphatic heterocycles. The molecule has 15 N–H and O–H groups in total. The predicted octanol–water partition coefficient (Wildman–Crippen LogP) is 18.7. The number of hydrogen-bond donors (Lipinski definition) is 10. The average Bonchev–Trinajstić information content (AvgIpc) is 1.53. The monoisotopic (exact) mass is 2270 g/mol. The Morgan fingerprint density at radius 1 is 0.455 bits per heavy atom. The molecule has 0 spiro atoms. The molecule has 0 unspecified atom stereocenters. The SMILES string of the molecule is CC1(C)OB(B2OC(C)(C)C(C)(C)O2)OC1(C)C.CN1CCN(Cc2ccc(NC(=O)Nc3cc(Br)n(C)n3)cc2C(F)(F)F)CC1.Cc1cc(-c2cc(NC(=O)Nc3ccc(CN4CCN(C)CC4)c(C(F)(F)F)c3)nn2C)cc2cnc(N)nc12.Cc1cc(B2OC(C)(C)C(C)(C)O2)cc2cnc(N)nc12.Cc1cc(Br)cc(C=O)c1F.Cc1cc(Br)cc2cnc(N)nc12.Cc1cc(Br)ccc1F.N=C(N)N. The molecule has 33 nitrogen and oxygen atoms in total. The summed E-state index contributed by atoms with van der Waals surface area (Å²) >= 11 is 13.1. The Labute approximate surface area is 871 Å². The van der Waals surface area contributed by atoms with Gasteiger partial charge < -0.3 is 77.0 Å². The topological polar surface area (TPSA) is 435 Å². The lowest BCUT2D eigenvalue weighted by Crippen LogP contribution is -2.44. The van der Waals surface area contributed by atoms with E-state index in [4.69, 9.17) is 50.5 Å². The van der Waals surface area contributed by atoms with Crippen LogP contribution < -0.4 is 55.4 Å². The molecule has 7 aromatic carbocycles. The van der Waals surface area contributed by atoms with Crippen LogP contribution in [0.15, 0.2) is 152 Å². The van der Waals surface area contributed by atoms with E-state index in [9.17, 15) is 49.5 Å². The van der Waals surface area contributed by atoms with Crippen molar-refractivity contribution in [3.63, 3.8) is 0 Å². The first-order valence-electron chi connectivity index (χ1n) is 45.7. The highest BCUT2D eigenvalue weighted by molar-refractivity contribution is 9.11. The second-order valence-corrected chi connectivity index (χ2v) is 41.9. The van der Waals surface area contributed by atoms with Crippen LogP contribution in [0.1, 0.15) is 144 Å². The number of aldehydes is 1. The van der Waals surface area contributed by atoms with E-state index in [0.29, 0.717) is 46.7 Å². The van der Waals surface area contributed by atoms with Gasteiger partial charge in [0, 0.05) is 157 Å². The molecule has 5 aliphatic rings. The third-order valence-electron chi connectivity index (χ3n) is 25.3. The van der Waals surface area contributed by atoms with Crippen LogP contribution in [0.3, 0.4) is 0 Å². The lowest BCUT2D eigenvalue weighted by Gasteiger charge is -2.33. The minimum atomic E-state index is -4.55. The first-order valence-corrected chi connectivity index (χ1v) is 48.9. The molecule has 0 aliphatic carbocycles. The van der Waals surface area contributed by atoms with Gasteiger partial charge in [-0.2, -0.15) is 36.5 Å². The van der Waals surface area contributed by atoms with Crippen molar-refractivity contribution in [2.45, 2.75) is 177 Å². The molecule has 5 saturated heterocycles. The third kappa shape index (κ3) is 31.3. The van der Waals surface area contributed by atoms with Crippen molar-refractivity contribution in [2.75, 3.05) is 105 Å². The fraction of sp³-hybridized carbons (Fsp3) is 0.402. The number of nitrogen functional groups attached to an aromatic ring is 3. The van der Waals surface area contributed by atoms with Gasteiger partial charge in [-0.3, -0.25) is 40.0 Å². The summed E-state index contributed by atoms with van der Waals surface area (Å²) in [6, 6.07) is 29.4. The summed E-state index contributed by atoms with van der Waals surface area (Å²) in [5, 5.41) is 27.2. The summed E-state index contributed by atoms with van der Waals surface area (Å²) in [6.07, 6.45) is -3.45. The van der Waals surface area contributed by atoms with Crippen molar-refractivity contribution < 1.29 is 77.4 Å². The van der Waals surface area contributed by atoms with Crippen LogP contribution in [-0.4, -0.2) is 215 Å². The molecule has 145 heavy (non-hydrogen) atoms. The zero-order valence-corrected chi connectivity index (χ0v) is 90.8. The second kappa shape index (κ2) is 47.9. The number of alkyl halides is 6. The number of urea groups is 2. The number of piperazine rings is 2. The summed E-state index contributed by atoms with van der Waals surface area (Å²) in [5.74, 6) is 0.380. The molecule has 48 heteroatoms. The van der Waals surface area contributed by atoms with Crippen LogP contribution in [0, 0.1) is 51.7 Å². The number of nitrogens with zero attached hydrogens (tertiary/aromatic N) is 14. The Hall–Kier alpha value is -11.0. The summed E-state index contributed by atoms with van der Waals surface area (Å²) in [7, 11) is 6.07. The first kappa shape index (κ1) is 116. The van der Waals surface area contributed by atoms with Gasteiger partial charge in [0.2, 0.25) is 17.8 Å². The van der Waals surface area contributed by atoms with Gasteiger partial charge in [0.15, 0.2) is 23.9 Å². The fourth-order valence-corrected chi connectivity index (χ4v) is 17.1. The number of guanidine groups is 1. The molecule has 5 aromatic heterocycles. The van der Waals surface area contributed by atoms with Crippen molar-refractivity contribution >= 4 is 188 Å². The lowest BCUT2D eigenvalue weighted by molar-refractivity contribution is -0.139. The molecule has 17 rings (SSSR count). The third-order valence-corrected chi connectivity index (χ3v) is 27.4. The van der Waals surface area contributed by atoms with Gasteiger partial charge in [-0.25, -0.2) is 48.3 Å². The number of aromatic nitrogens is 10. The maximum atomic E-state index is 13.9. The average molecular weight is 2270 g/mol. The van der Waals surface area contributed by atoms with E-state index in [1.165, 1.54) is 41.1 Å². The minimum Gasteiger partial charge on any atom is -0.405 e. The van der Waals surface area contributed by atoms with Crippen molar-refractivity contribution in [2.24, 2.45) is 25.6 Å². The molecule has 0 atom stereocenters. The van der Waals surface area contributed by atoms with Crippen molar-refractivity contribution in [3.05, 3.63) is 219 Å². The Morgan fingerprint density at radius 2 is 0.828 bits per heavy atom. The molecule has 4 amide bonds. The minimum absolute atomic E-state index is 0.0348. The van der Waals surface area contributed by atoms with Crippen molar-refractivity contribution in [1.82, 2.24) is 69.1 Å². The van der Waals surface area contributed by atoms with Crippen LogP contribution in [0.25, 0.3) is 44.0 Å². The highest BCUT2D eigenvalue weighted by Crippen LogP contribution is 2.45. The van der Waals surface area contributed by atoms with Crippen LogP contribution >= 0.6 is 63.7 Å². The van der Waals surface area contributed by atoms with Gasteiger partial charge in [-0.05, 0) is 271 Å². The van der Waals surface area contributed by atoms with Gasteiger partial charge in [-0.15, -0.1) is 0 Å². The number of aryl methyl sites for hydroxylation is 7. The second-order valence-electron chi connectivity index (χ2n) is 38.4. The number of benzene rings is 7. The fourth-order valence-electron chi connectivity index (χ4n) is 15.2. The quantitative estimate of drug-likeness (QED) is 0.0178. The normalized spacial score (nSPS) is 16.7. The first-order chi connectivity index (χ1) is 67.4. The Kier molecular flexibility index (Phi) is 38.3. The maximum Gasteiger partial charge on any atom is 0.494 e. The number of nitrogens with one attached hydrogen (secondary N) is 5. The molecular formula is C97H121B3Br4F8N24O9. The van der Waals surface area contributed by atoms with E-state index in [0.717, 1.165) is 125 Å². The largest absolute Gasteiger partial charge is 0.494 e. The van der Waals surface area contributed by atoms with Crippen LogP contribution in [0.4, 0.5) is 85.6 Å². The molecule has 12 aromatic rings. The van der Waals surface area contributed by atoms with Crippen molar-refractivity contribution in [1.29, 1.82) is 5.41 Å². The van der Waals surface area contributed by atoms with E-state index in [2.05, 4.69) is 146 Å². The van der Waals surface area contributed by atoms with Crippen LogP contribution in [0.5, 0.6) is 0 Å². The van der Waals surface area contributed by atoms with Gasteiger partial charge in [-0.1, -0.05) is 72.1 Å². The number of likely N-dealkylation sites (N-methyl/N-ethyl adjacent to an activating group) is 2. The maximum absolute atomic E-state index is 13.9. The summed E-state index contributed by atoms with van der Waals surface area (Å²) in [5.41, 5.74) is 31.9. The van der Waals surface area contributed by atoms with Gasteiger partial charge in [0.25, 0.3) is 0 Å². The number of nitrogens with two attached hydrogens (primary N) is 5. The van der Waals surface area contributed by atoms with E-state index < -0.39 is 55.4 Å². The standard InChI is InChI=1S/C27H30F3N9O.C18H22BrF3N6O.C15H20BN3O2.C12H24B2O4.C9H8BrN3.C8H6BrFO.C7H6BrF.CH5N3/c1-16-10-18(11-19-14-32-25(31)35-24(16)19)22-13-23(36-38(22)3)34-26(40)33-20-5-4-17(21(12-20)27(28,29)30)15-39-8-6-37(2)7-9-39;1-26-5-7-28(8-6-26)11-12-3-4-13(9-14(12)18(20,21)22)23-17(29)24-16-10-15(19)27(2)25-16;1-9-6-11(7-10-8-18-13(17)19-12(9)10)16-20-14(2,3)15(4,5)21-16;1-9(2)10(3,4)16-13(15-9)14-17-11(5,6)12(7,8)18-14;1-5-2-7(10)3-6-4-12-9(11)13-8(5)6;1-5-2-7(9)3-6(4-11)8(5)10;1-5-4-6(8)2-3-7(5)9;2-1(3)4/h4-5,10-14H,6-9,15H2,1-3H3,(H2,31,32,35)(H2,33,34,36,40);3-4,9-10H,5-8,11H2,1-2H3,(H2,23,24,25,29);6-8H,1-5H3,(H2,17,18,19);1-8H3;2-4H,1H3,(H2,11,12,13);2-4H,1H3;2-4H,1H3;(H5,2,3,4). The smallest absolute Gasteiger partial charge is 0.405 e. The van der Waals surface area contributed by atoms with E-state index in [1.54, 1.807) is 81.5 Å². The Morgan fingerprint density at radius 3 is 1.23 bits per heavy atom. The van der Waals surface area contributed by atoms with Gasteiger partial charge in [0.1, 0.15) is 16.2 Å². The molecular weight excluding hydrogens is 2150 g/mol. The van der Waals surface area contributed by atoms with E-state index >= 15 is 0 Å². The number of rotatable bonds is 12. The Bertz CT molecular complexity index is 6550. The zero-order valence-electron chi connectivity index (χ0n) is 84.4. The van der Waals surface area contributed by atoms with Gasteiger partial charge in [0.05, 0.1) is 72.5 Å². The summed E-state index contributed by atoms with van der Waals surface area (Å²) in [4.78, 5) is 68.2. The number of anilines is 7. The predicted molar refractivity (Wildman–Crippen MR) is 568 cm³/mol. The number of fused-ring (bicyclic) bond motifs is 3. The summed E-state index contributed by atoms with van der Waals surface area (Å²) in [6.45, 7) is 40.2. The number of carbonyl (C=O) groups is 3. The molecule has 10 heterocycles. The number of carbonyl (C=O) groups excluding carboxylic acids is 3. The lowest BCUT2D eigenvalue weighted by atomic mass is 9.49. The number of amides is 4. The zero-order chi connectivity index (χ0) is 107. The summed E-state index contributed by atoms with van der Waals surface area (Å²) < 4.78 is 150. The van der Waals surface area contributed by atoms with Crippen LogP contribution in [0.2, 0.25) is 0 Å². The van der Waals surface area contributed by atoms with Gasteiger partial charge >= 0.3 is 45.6 Å². The molecule has 5 fully saturated rings. The van der Waals surface area contributed by atoms with E-state index in [1.807, 2.05) is 164 Å². The van der Waals surface area contributed by atoms with Crippen molar-refractivity contribution in [3.8, 4) is 11.3 Å². The van der Waals surface area contributed by atoms with E-state index in [-0.39, 0.29) is 117 Å². The highest BCUT2D eigenvalue weighted by atomic mass is 79.9.